The molecule has 3 rings (SSSR count). The number of benzene rings is 1. The van der Waals surface area contributed by atoms with E-state index in [9.17, 15) is 4.79 Å². The third-order valence-corrected chi connectivity index (χ3v) is 3.78. The Kier molecular flexibility index (Phi) is 3.11. The first kappa shape index (κ1) is 12.0. The lowest BCUT2D eigenvalue weighted by Crippen LogP contribution is -2.14. The van der Waals surface area contributed by atoms with Crippen LogP contribution in [0.2, 0.25) is 0 Å². The van der Waals surface area contributed by atoms with Crippen molar-refractivity contribution in [3.63, 3.8) is 0 Å². The lowest BCUT2D eigenvalue weighted by Gasteiger charge is -2.21. The van der Waals surface area contributed by atoms with Crippen LogP contribution in [0.1, 0.15) is 17.7 Å². The molecule has 1 aromatic carbocycles. The summed E-state index contributed by atoms with van der Waals surface area (Å²) < 4.78 is 7.03. The van der Waals surface area contributed by atoms with Gasteiger partial charge in [0.25, 0.3) is 0 Å². The molecule has 0 N–H and O–H groups in total. The summed E-state index contributed by atoms with van der Waals surface area (Å²) in [6.45, 7) is 0.996. The Balaban J connectivity index is 1.89. The van der Waals surface area contributed by atoms with Crippen molar-refractivity contribution in [1.82, 2.24) is 4.57 Å². The van der Waals surface area contributed by atoms with Crippen molar-refractivity contribution in [2.75, 3.05) is 7.11 Å². The molecule has 1 aliphatic heterocycles. The second-order valence-corrected chi connectivity index (χ2v) is 4.84. The SMILES string of the molecule is COC(=O)CCc1ccc2n1CCc1ccccc1-2. The molecule has 0 amide bonds. The molecule has 0 fully saturated rings. The minimum Gasteiger partial charge on any atom is -0.469 e. The number of aryl methyl sites for hydroxylation is 2. The Bertz CT molecular complexity index is 613. The summed E-state index contributed by atoms with van der Waals surface area (Å²) in [6.07, 6.45) is 2.25. The third kappa shape index (κ3) is 2.16. The fourth-order valence-corrected chi connectivity index (χ4v) is 2.78. The predicted octanol–water partition coefficient (Wildman–Crippen LogP) is 2.82. The number of aromatic nitrogens is 1. The van der Waals surface area contributed by atoms with E-state index in [1.54, 1.807) is 0 Å². The lowest BCUT2D eigenvalue weighted by atomic mass is 9.99. The molecule has 1 aromatic heterocycles. The second kappa shape index (κ2) is 4.92. The van der Waals surface area contributed by atoms with Gasteiger partial charge in [-0.05, 0) is 30.5 Å². The van der Waals surface area contributed by atoms with Crippen molar-refractivity contribution in [3.05, 3.63) is 47.7 Å². The molecule has 0 saturated heterocycles. The molecule has 0 atom stereocenters. The van der Waals surface area contributed by atoms with E-state index in [-0.39, 0.29) is 5.97 Å². The summed E-state index contributed by atoms with van der Waals surface area (Å²) in [4.78, 5) is 11.2. The van der Waals surface area contributed by atoms with E-state index in [0.717, 1.165) is 19.4 Å². The zero-order chi connectivity index (χ0) is 13.2. The van der Waals surface area contributed by atoms with E-state index in [4.69, 9.17) is 4.74 Å². The molecule has 1 aliphatic rings. The number of hydrogen-bond donors (Lipinski definition) is 0. The Morgan fingerprint density at radius 2 is 2.11 bits per heavy atom. The first-order valence-corrected chi connectivity index (χ1v) is 6.63. The minimum atomic E-state index is -0.147. The molecular formula is C16H17NO2. The van der Waals surface area contributed by atoms with Gasteiger partial charge in [-0.3, -0.25) is 4.79 Å². The summed E-state index contributed by atoms with van der Waals surface area (Å²) in [6, 6.07) is 12.8. The summed E-state index contributed by atoms with van der Waals surface area (Å²) >= 11 is 0. The van der Waals surface area contributed by atoms with Gasteiger partial charge < -0.3 is 9.30 Å². The smallest absolute Gasteiger partial charge is 0.305 e. The monoisotopic (exact) mass is 255 g/mol. The normalized spacial score (nSPS) is 12.7. The van der Waals surface area contributed by atoms with E-state index in [1.807, 2.05) is 0 Å². The molecule has 2 aromatic rings. The number of hydrogen-bond acceptors (Lipinski definition) is 2. The van der Waals surface area contributed by atoms with E-state index >= 15 is 0 Å². The first-order chi connectivity index (χ1) is 9.29. The van der Waals surface area contributed by atoms with Gasteiger partial charge in [0.2, 0.25) is 0 Å². The van der Waals surface area contributed by atoms with Crippen molar-refractivity contribution in [2.24, 2.45) is 0 Å². The average Bonchev–Trinajstić information content (AvgIpc) is 2.88. The van der Waals surface area contributed by atoms with Crippen LogP contribution < -0.4 is 0 Å². The standard InChI is InChI=1S/C16H17NO2/c1-19-16(18)9-7-13-6-8-15-14-5-3-2-4-12(14)10-11-17(13)15/h2-6,8H,7,9-11H2,1H3. The van der Waals surface area contributed by atoms with Gasteiger partial charge in [-0.25, -0.2) is 0 Å². The average molecular weight is 255 g/mol. The molecule has 0 unspecified atom stereocenters. The molecule has 0 spiro atoms. The largest absolute Gasteiger partial charge is 0.469 e. The van der Waals surface area contributed by atoms with Gasteiger partial charge in [-0.2, -0.15) is 0 Å². The van der Waals surface area contributed by atoms with Crippen LogP contribution in [0.25, 0.3) is 11.3 Å². The van der Waals surface area contributed by atoms with Crippen molar-refractivity contribution in [3.8, 4) is 11.3 Å². The van der Waals surface area contributed by atoms with E-state index in [2.05, 4.69) is 41.0 Å². The van der Waals surface area contributed by atoms with E-state index < -0.39 is 0 Å². The Hall–Kier alpha value is -2.03. The van der Waals surface area contributed by atoms with Crippen molar-refractivity contribution in [2.45, 2.75) is 25.8 Å². The van der Waals surface area contributed by atoms with Crippen LogP contribution >= 0.6 is 0 Å². The lowest BCUT2D eigenvalue weighted by molar-refractivity contribution is -0.140. The number of methoxy groups -OCH3 is 1. The quantitative estimate of drug-likeness (QED) is 0.790. The molecule has 2 heterocycles. The third-order valence-electron chi connectivity index (χ3n) is 3.78. The van der Waals surface area contributed by atoms with Crippen LogP contribution in [0.5, 0.6) is 0 Å². The molecule has 19 heavy (non-hydrogen) atoms. The van der Waals surface area contributed by atoms with Crippen molar-refractivity contribution >= 4 is 5.97 Å². The minimum absolute atomic E-state index is 0.147. The zero-order valence-corrected chi connectivity index (χ0v) is 11.1. The van der Waals surface area contributed by atoms with Gasteiger partial charge in [0, 0.05) is 23.5 Å². The van der Waals surface area contributed by atoms with E-state index in [0.29, 0.717) is 6.42 Å². The maximum atomic E-state index is 11.2. The van der Waals surface area contributed by atoms with Crippen LogP contribution in [0, 0.1) is 0 Å². The molecule has 0 radical (unpaired) electrons. The summed E-state index contributed by atoms with van der Waals surface area (Å²) in [5.41, 5.74) is 5.21. The Morgan fingerprint density at radius 3 is 2.95 bits per heavy atom. The highest BCUT2D eigenvalue weighted by Crippen LogP contribution is 2.31. The fourth-order valence-electron chi connectivity index (χ4n) is 2.78. The highest BCUT2D eigenvalue weighted by molar-refractivity contribution is 5.70. The van der Waals surface area contributed by atoms with Gasteiger partial charge >= 0.3 is 5.97 Å². The molecule has 98 valence electrons. The number of carbonyl (C=O) groups excluding carboxylic acids is 1. The van der Waals surface area contributed by atoms with Crippen LogP contribution in [-0.4, -0.2) is 17.6 Å². The molecule has 0 bridgehead atoms. The Labute approximate surface area is 112 Å². The maximum Gasteiger partial charge on any atom is 0.305 e. The summed E-state index contributed by atoms with van der Waals surface area (Å²) in [5.74, 6) is -0.147. The molecule has 3 heteroatoms. The highest BCUT2D eigenvalue weighted by Gasteiger charge is 2.18. The van der Waals surface area contributed by atoms with Gasteiger partial charge in [-0.15, -0.1) is 0 Å². The molecule has 3 nitrogen and oxygen atoms in total. The Morgan fingerprint density at radius 1 is 1.26 bits per heavy atom. The maximum absolute atomic E-state index is 11.2. The second-order valence-electron chi connectivity index (χ2n) is 4.84. The molecular weight excluding hydrogens is 238 g/mol. The number of fused-ring (bicyclic) bond motifs is 3. The summed E-state index contributed by atoms with van der Waals surface area (Å²) in [5, 5.41) is 0. The van der Waals surface area contributed by atoms with Gasteiger partial charge in [0.15, 0.2) is 0 Å². The zero-order valence-electron chi connectivity index (χ0n) is 11.1. The molecule has 0 saturated carbocycles. The van der Waals surface area contributed by atoms with Gasteiger partial charge in [0.1, 0.15) is 0 Å². The predicted molar refractivity (Wildman–Crippen MR) is 73.9 cm³/mol. The van der Waals surface area contributed by atoms with Crippen LogP contribution in [0.3, 0.4) is 0 Å². The van der Waals surface area contributed by atoms with Gasteiger partial charge in [-0.1, -0.05) is 24.3 Å². The number of ether oxygens (including phenoxy) is 1. The first-order valence-electron chi connectivity index (χ1n) is 6.63. The topological polar surface area (TPSA) is 31.2 Å². The fraction of sp³-hybridized carbons (Fsp3) is 0.312. The molecule has 0 aliphatic carbocycles. The number of rotatable bonds is 3. The number of carbonyl (C=O) groups is 1. The van der Waals surface area contributed by atoms with Crippen LogP contribution in [0.4, 0.5) is 0 Å². The van der Waals surface area contributed by atoms with Crippen LogP contribution in [0.15, 0.2) is 36.4 Å². The number of nitrogens with zero attached hydrogens (tertiary/aromatic N) is 1. The van der Waals surface area contributed by atoms with E-state index in [1.165, 1.54) is 29.6 Å². The highest BCUT2D eigenvalue weighted by atomic mass is 16.5. The van der Waals surface area contributed by atoms with Crippen LogP contribution in [-0.2, 0) is 28.9 Å². The number of esters is 1. The summed E-state index contributed by atoms with van der Waals surface area (Å²) in [7, 11) is 1.44. The van der Waals surface area contributed by atoms with Gasteiger partial charge in [0.05, 0.1) is 13.5 Å². The van der Waals surface area contributed by atoms with Crippen molar-refractivity contribution in [1.29, 1.82) is 0 Å². The van der Waals surface area contributed by atoms with Crippen molar-refractivity contribution < 1.29 is 9.53 Å².